The van der Waals surface area contributed by atoms with E-state index in [1.54, 1.807) is 44.4 Å². The molecule has 3 rings (SSSR count). The molecular formula is C25H31N3O6S. The Bertz CT molecular complexity index is 1180. The molecule has 2 aromatic rings. The SMILES string of the molecule is CCCCNC(=O)C(CC)N(Cc1ccc(OC)cc1)C(=O)CN1C(=O)c2ccccc2S1(=O)=O. The van der Waals surface area contributed by atoms with E-state index in [9.17, 15) is 22.8 Å². The van der Waals surface area contributed by atoms with Gasteiger partial charge in [0.2, 0.25) is 11.8 Å². The first-order valence-corrected chi connectivity index (χ1v) is 13.0. The molecule has 1 aliphatic heterocycles. The van der Waals surface area contributed by atoms with E-state index in [1.165, 1.54) is 23.1 Å². The molecule has 35 heavy (non-hydrogen) atoms. The summed E-state index contributed by atoms with van der Waals surface area (Å²) in [6.45, 7) is 3.65. The minimum absolute atomic E-state index is 0.0337. The van der Waals surface area contributed by atoms with Crippen LogP contribution >= 0.6 is 0 Å². The summed E-state index contributed by atoms with van der Waals surface area (Å²) in [6.07, 6.45) is 2.02. The molecule has 1 atom stereocenters. The Balaban J connectivity index is 1.89. The molecule has 0 saturated carbocycles. The molecule has 1 unspecified atom stereocenters. The maximum Gasteiger partial charge on any atom is 0.269 e. The minimum atomic E-state index is -4.16. The second-order valence-electron chi connectivity index (χ2n) is 8.25. The average molecular weight is 502 g/mol. The maximum absolute atomic E-state index is 13.5. The lowest BCUT2D eigenvalue weighted by atomic mass is 10.1. The van der Waals surface area contributed by atoms with Gasteiger partial charge in [-0.2, -0.15) is 0 Å². The number of ether oxygens (including phenoxy) is 1. The Labute approximate surface area is 206 Å². The summed E-state index contributed by atoms with van der Waals surface area (Å²) in [5.74, 6) is -1.06. The highest BCUT2D eigenvalue weighted by molar-refractivity contribution is 7.90. The van der Waals surface area contributed by atoms with Crippen molar-refractivity contribution in [1.29, 1.82) is 0 Å². The number of carbonyl (C=O) groups is 3. The van der Waals surface area contributed by atoms with Gasteiger partial charge >= 0.3 is 0 Å². The molecule has 0 spiro atoms. The fraction of sp³-hybridized carbons (Fsp3) is 0.400. The first-order valence-electron chi connectivity index (χ1n) is 11.6. The van der Waals surface area contributed by atoms with Crippen LogP contribution in [0.15, 0.2) is 53.4 Å². The minimum Gasteiger partial charge on any atom is -0.497 e. The lowest BCUT2D eigenvalue weighted by Crippen LogP contribution is -2.52. The summed E-state index contributed by atoms with van der Waals surface area (Å²) in [5.41, 5.74) is 0.768. The molecule has 0 bridgehead atoms. The Morgan fingerprint density at radius 1 is 1.09 bits per heavy atom. The number of sulfonamides is 1. The smallest absolute Gasteiger partial charge is 0.269 e. The van der Waals surface area contributed by atoms with Crippen LogP contribution in [-0.2, 0) is 26.2 Å². The largest absolute Gasteiger partial charge is 0.497 e. The third-order valence-corrected chi connectivity index (χ3v) is 7.71. The summed E-state index contributed by atoms with van der Waals surface area (Å²) in [5, 5.41) is 2.86. The summed E-state index contributed by atoms with van der Waals surface area (Å²) in [6, 6.07) is 12.1. The Morgan fingerprint density at radius 3 is 2.37 bits per heavy atom. The number of hydrogen-bond acceptors (Lipinski definition) is 6. The van der Waals surface area contributed by atoms with E-state index in [1.807, 2.05) is 6.92 Å². The lowest BCUT2D eigenvalue weighted by Gasteiger charge is -2.31. The normalized spacial score (nSPS) is 14.8. The second kappa shape index (κ2) is 11.4. The van der Waals surface area contributed by atoms with Crippen molar-refractivity contribution < 1.29 is 27.5 Å². The van der Waals surface area contributed by atoms with Crippen LogP contribution in [0, 0.1) is 0 Å². The molecule has 0 radical (unpaired) electrons. The van der Waals surface area contributed by atoms with E-state index < -0.39 is 34.4 Å². The van der Waals surface area contributed by atoms with Crippen molar-refractivity contribution in [2.45, 2.75) is 50.6 Å². The molecule has 1 heterocycles. The first-order chi connectivity index (χ1) is 16.7. The second-order valence-corrected chi connectivity index (χ2v) is 10.1. The van der Waals surface area contributed by atoms with Crippen molar-refractivity contribution in [2.75, 3.05) is 20.2 Å². The topological polar surface area (TPSA) is 113 Å². The van der Waals surface area contributed by atoms with Crippen LogP contribution in [0.3, 0.4) is 0 Å². The number of fused-ring (bicyclic) bond motifs is 1. The number of carbonyl (C=O) groups excluding carboxylic acids is 3. The zero-order valence-electron chi connectivity index (χ0n) is 20.2. The highest BCUT2D eigenvalue weighted by atomic mass is 32.2. The van der Waals surface area contributed by atoms with Crippen LogP contribution < -0.4 is 10.1 Å². The van der Waals surface area contributed by atoms with E-state index in [-0.39, 0.29) is 22.9 Å². The lowest BCUT2D eigenvalue weighted by molar-refractivity contribution is -0.141. The molecule has 188 valence electrons. The summed E-state index contributed by atoms with van der Waals surface area (Å²) in [7, 11) is -2.61. The molecule has 0 saturated heterocycles. The number of rotatable bonds is 11. The van der Waals surface area contributed by atoms with Crippen LogP contribution in [0.4, 0.5) is 0 Å². The van der Waals surface area contributed by atoms with Crippen LogP contribution in [-0.4, -0.2) is 61.6 Å². The van der Waals surface area contributed by atoms with Gasteiger partial charge in [-0.25, -0.2) is 12.7 Å². The van der Waals surface area contributed by atoms with Crippen molar-refractivity contribution in [3.63, 3.8) is 0 Å². The highest BCUT2D eigenvalue weighted by Crippen LogP contribution is 2.30. The Kier molecular flexibility index (Phi) is 8.50. The first kappa shape index (κ1) is 26.2. The molecule has 0 aromatic heterocycles. The predicted octanol–water partition coefficient (Wildman–Crippen LogP) is 2.56. The van der Waals surface area contributed by atoms with Gasteiger partial charge in [-0.05, 0) is 42.7 Å². The molecule has 10 heteroatoms. The van der Waals surface area contributed by atoms with Gasteiger partial charge in [0.1, 0.15) is 23.2 Å². The fourth-order valence-corrected chi connectivity index (χ4v) is 5.47. The molecular weight excluding hydrogens is 470 g/mol. The molecule has 2 aromatic carbocycles. The van der Waals surface area contributed by atoms with Crippen LogP contribution in [0.2, 0.25) is 0 Å². The summed E-state index contributed by atoms with van der Waals surface area (Å²) >= 11 is 0. The summed E-state index contributed by atoms with van der Waals surface area (Å²) in [4.78, 5) is 40.5. The molecule has 1 aliphatic rings. The van der Waals surface area contributed by atoms with Crippen LogP contribution in [0.25, 0.3) is 0 Å². The van der Waals surface area contributed by atoms with E-state index in [4.69, 9.17) is 4.74 Å². The van der Waals surface area contributed by atoms with Gasteiger partial charge in [0.05, 0.1) is 12.7 Å². The predicted molar refractivity (Wildman–Crippen MR) is 130 cm³/mol. The number of benzene rings is 2. The number of nitrogens with zero attached hydrogens (tertiary/aromatic N) is 2. The number of hydrogen-bond donors (Lipinski definition) is 1. The fourth-order valence-electron chi connectivity index (χ4n) is 3.95. The zero-order chi connectivity index (χ0) is 25.6. The van der Waals surface area contributed by atoms with Gasteiger partial charge in [0.15, 0.2) is 0 Å². The summed E-state index contributed by atoms with van der Waals surface area (Å²) < 4.78 is 31.7. The quantitative estimate of drug-likeness (QED) is 0.474. The third-order valence-electron chi connectivity index (χ3n) is 5.92. The number of amides is 3. The van der Waals surface area contributed by atoms with Crippen LogP contribution in [0.5, 0.6) is 5.75 Å². The molecule has 3 amide bonds. The number of methoxy groups -OCH3 is 1. The standard InChI is InChI=1S/C25H31N3O6S/c1-4-6-15-26-24(30)21(5-2)27(16-18-11-13-19(34-3)14-12-18)23(29)17-28-25(31)20-9-7-8-10-22(20)35(28,32)33/h7-14,21H,4-6,15-17H2,1-3H3,(H,26,30). The van der Waals surface area contributed by atoms with Gasteiger partial charge in [-0.1, -0.05) is 44.5 Å². The van der Waals surface area contributed by atoms with Crippen molar-refractivity contribution in [1.82, 2.24) is 14.5 Å². The highest BCUT2D eigenvalue weighted by Gasteiger charge is 2.43. The average Bonchev–Trinajstić information content (AvgIpc) is 3.05. The number of unbranched alkanes of at least 4 members (excludes halogenated alkanes) is 1. The van der Waals surface area contributed by atoms with Crippen molar-refractivity contribution in [3.05, 3.63) is 59.7 Å². The van der Waals surface area contributed by atoms with E-state index in [0.717, 1.165) is 18.4 Å². The van der Waals surface area contributed by atoms with Gasteiger partial charge in [0, 0.05) is 13.1 Å². The van der Waals surface area contributed by atoms with E-state index >= 15 is 0 Å². The maximum atomic E-state index is 13.5. The van der Waals surface area contributed by atoms with Gasteiger partial charge in [0.25, 0.3) is 15.9 Å². The monoisotopic (exact) mass is 501 g/mol. The Morgan fingerprint density at radius 2 is 1.77 bits per heavy atom. The Hall–Kier alpha value is -3.40. The molecule has 0 fully saturated rings. The molecule has 9 nitrogen and oxygen atoms in total. The van der Waals surface area contributed by atoms with Crippen LogP contribution in [0.1, 0.15) is 49.0 Å². The van der Waals surface area contributed by atoms with E-state index in [2.05, 4.69) is 5.32 Å². The van der Waals surface area contributed by atoms with Crippen molar-refractivity contribution in [3.8, 4) is 5.75 Å². The van der Waals surface area contributed by atoms with Gasteiger partial charge < -0.3 is 15.0 Å². The number of nitrogens with one attached hydrogen (secondary N) is 1. The van der Waals surface area contributed by atoms with Gasteiger partial charge in [-0.15, -0.1) is 0 Å². The molecule has 0 aliphatic carbocycles. The third kappa shape index (κ3) is 5.64. The molecule has 1 N–H and O–H groups in total. The van der Waals surface area contributed by atoms with Crippen molar-refractivity contribution in [2.24, 2.45) is 0 Å². The van der Waals surface area contributed by atoms with E-state index in [0.29, 0.717) is 23.0 Å². The van der Waals surface area contributed by atoms with Crippen molar-refractivity contribution >= 4 is 27.7 Å². The zero-order valence-corrected chi connectivity index (χ0v) is 21.0. The van der Waals surface area contributed by atoms with Gasteiger partial charge in [-0.3, -0.25) is 14.4 Å².